The van der Waals surface area contributed by atoms with Crippen LogP contribution in [0.2, 0.25) is 0 Å². The maximum Gasteiger partial charge on any atom is 0.244 e. The van der Waals surface area contributed by atoms with Crippen molar-refractivity contribution < 1.29 is 13.2 Å². The van der Waals surface area contributed by atoms with Crippen molar-refractivity contribution >= 4 is 43.2 Å². The van der Waals surface area contributed by atoms with E-state index in [1.165, 1.54) is 20.5 Å². The molecule has 2 aromatic carbocycles. The molecule has 1 N–H and O–H groups in total. The number of nitrogens with one attached hydrogen (secondary N) is 1. The highest BCUT2D eigenvalue weighted by molar-refractivity contribution is 7.89. The predicted octanol–water partition coefficient (Wildman–Crippen LogP) is 3.97. The largest absolute Gasteiger partial charge is 0.301 e. The van der Waals surface area contributed by atoms with Gasteiger partial charge in [-0.2, -0.15) is 4.31 Å². The molecule has 8 heteroatoms. The molecule has 0 unspecified atom stereocenters. The number of sulfonamides is 1. The fourth-order valence-electron chi connectivity index (χ4n) is 4.35. The molecule has 3 aromatic rings. The number of carbonyl (C=O) groups excluding carboxylic acids is 1. The number of carbonyl (C=O) groups is 1. The number of hydrogen-bond acceptors (Lipinski definition) is 5. The molecule has 30 heavy (non-hydrogen) atoms. The maximum absolute atomic E-state index is 13.3. The Balaban J connectivity index is 1.39. The summed E-state index contributed by atoms with van der Waals surface area (Å²) in [5.41, 5.74) is 1.08. The lowest BCUT2D eigenvalue weighted by atomic mass is 10.0. The van der Waals surface area contributed by atoms with Crippen LogP contribution in [0.4, 0.5) is 5.13 Å². The molecular formula is C22H23N3O3S2. The SMILES string of the molecule is O=C(Nc1nc2c(s1)CCCC2)[C@H]1CCCN1S(=O)(=O)c1ccc2ccccc2c1. The summed E-state index contributed by atoms with van der Waals surface area (Å²) in [4.78, 5) is 19.0. The minimum atomic E-state index is -3.76. The molecule has 0 bridgehead atoms. The number of hydrogen-bond donors (Lipinski definition) is 1. The van der Waals surface area contributed by atoms with Gasteiger partial charge in [0.1, 0.15) is 6.04 Å². The number of aromatic nitrogens is 1. The van der Waals surface area contributed by atoms with Gasteiger partial charge in [0.25, 0.3) is 0 Å². The van der Waals surface area contributed by atoms with Crippen molar-refractivity contribution in [2.75, 3.05) is 11.9 Å². The summed E-state index contributed by atoms with van der Waals surface area (Å²) in [5, 5.41) is 5.33. The van der Waals surface area contributed by atoms with E-state index in [1.54, 1.807) is 12.1 Å². The molecule has 5 rings (SSSR count). The number of thiazole rings is 1. The Bertz CT molecular complexity index is 1200. The third kappa shape index (κ3) is 3.53. The van der Waals surface area contributed by atoms with Gasteiger partial charge in [0.05, 0.1) is 10.6 Å². The van der Waals surface area contributed by atoms with Gasteiger partial charge in [-0.15, -0.1) is 11.3 Å². The lowest BCUT2D eigenvalue weighted by Crippen LogP contribution is -2.43. The second-order valence-corrected chi connectivity index (χ2v) is 10.8. The van der Waals surface area contributed by atoms with Gasteiger partial charge in [-0.25, -0.2) is 13.4 Å². The minimum Gasteiger partial charge on any atom is -0.301 e. The molecule has 1 aromatic heterocycles. The van der Waals surface area contributed by atoms with E-state index >= 15 is 0 Å². The molecule has 6 nitrogen and oxygen atoms in total. The van der Waals surface area contributed by atoms with E-state index in [0.717, 1.165) is 42.1 Å². The summed E-state index contributed by atoms with van der Waals surface area (Å²) in [5.74, 6) is -0.289. The first-order valence-corrected chi connectivity index (χ1v) is 12.6. The van der Waals surface area contributed by atoms with Crippen LogP contribution in [-0.2, 0) is 27.7 Å². The van der Waals surface area contributed by atoms with E-state index in [1.807, 2.05) is 30.3 Å². The number of anilines is 1. The fourth-order valence-corrected chi connectivity index (χ4v) is 7.09. The topological polar surface area (TPSA) is 79.4 Å². The second-order valence-electron chi connectivity index (χ2n) is 7.87. The molecule has 0 radical (unpaired) electrons. The van der Waals surface area contributed by atoms with Crippen molar-refractivity contribution in [1.82, 2.24) is 9.29 Å². The molecule has 0 saturated carbocycles. The molecule has 1 amide bonds. The zero-order valence-corrected chi connectivity index (χ0v) is 18.1. The molecule has 2 aliphatic rings. The number of amides is 1. The van der Waals surface area contributed by atoms with E-state index in [-0.39, 0.29) is 10.8 Å². The van der Waals surface area contributed by atoms with Crippen molar-refractivity contribution in [2.45, 2.75) is 49.5 Å². The Hall–Kier alpha value is -2.29. The Labute approximate surface area is 180 Å². The van der Waals surface area contributed by atoms with Crippen LogP contribution >= 0.6 is 11.3 Å². The highest BCUT2D eigenvalue weighted by Crippen LogP contribution is 2.32. The number of benzene rings is 2. The molecular weight excluding hydrogens is 418 g/mol. The Kier molecular flexibility index (Phi) is 5.08. The Morgan fingerprint density at radius 3 is 2.70 bits per heavy atom. The summed E-state index contributed by atoms with van der Waals surface area (Å²) in [6.45, 7) is 0.349. The van der Waals surface area contributed by atoms with Crippen LogP contribution < -0.4 is 5.32 Å². The van der Waals surface area contributed by atoms with Crippen molar-refractivity contribution in [3.8, 4) is 0 Å². The standard InChI is InChI=1S/C22H23N3O3S2/c26-21(24-22-23-18-8-3-4-10-20(18)29-22)19-9-5-13-25(19)30(27,28)17-12-11-15-6-1-2-7-16(15)14-17/h1-2,6-7,11-12,14,19H,3-5,8-10,13H2,(H,23,24,26)/t19-/m1/s1. The van der Waals surface area contributed by atoms with E-state index in [2.05, 4.69) is 10.3 Å². The molecule has 2 heterocycles. The van der Waals surface area contributed by atoms with Gasteiger partial charge in [0, 0.05) is 11.4 Å². The number of fused-ring (bicyclic) bond motifs is 2. The van der Waals surface area contributed by atoms with Gasteiger partial charge in [0.2, 0.25) is 15.9 Å². The molecule has 1 aliphatic heterocycles. The molecule has 1 saturated heterocycles. The van der Waals surface area contributed by atoms with Crippen molar-refractivity contribution in [3.05, 3.63) is 53.0 Å². The summed E-state index contributed by atoms with van der Waals surface area (Å²) in [6.07, 6.45) is 5.43. The minimum absolute atomic E-state index is 0.227. The van der Waals surface area contributed by atoms with Gasteiger partial charge >= 0.3 is 0 Å². The molecule has 0 spiro atoms. The fraction of sp³-hybridized carbons (Fsp3) is 0.364. The smallest absolute Gasteiger partial charge is 0.244 e. The molecule has 1 atom stereocenters. The van der Waals surface area contributed by atoms with Crippen molar-refractivity contribution in [3.63, 3.8) is 0 Å². The lowest BCUT2D eigenvalue weighted by Gasteiger charge is -2.23. The summed E-state index contributed by atoms with van der Waals surface area (Å²) in [6, 6.07) is 12.1. The van der Waals surface area contributed by atoms with Gasteiger partial charge in [0.15, 0.2) is 5.13 Å². The van der Waals surface area contributed by atoms with Gasteiger partial charge in [-0.3, -0.25) is 4.79 Å². The van der Waals surface area contributed by atoms with Crippen LogP contribution in [0, 0.1) is 0 Å². The van der Waals surface area contributed by atoms with E-state index < -0.39 is 16.1 Å². The normalized spacial score (nSPS) is 19.7. The third-order valence-electron chi connectivity index (χ3n) is 5.91. The van der Waals surface area contributed by atoms with Crippen LogP contribution in [-0.4, -0.2) is 36.2 Å². The first kappa shape index (κ1) is 19.7. The van der Waals surface area contributed by atoms with Gasteiger partial charge < -0.3 is 5.32 Å². The highest BCUT2D eigenvalue weighted by Gasteiger charge is 2.39. The van der Waals surface area contributed by atoms with Crippen LogP contribution in [0.25, 0.3) is 10.8 Å². The van der Waals surface area contributed by atoms with Gasteiger partial charge in [-0.05, 0) is 61.4 Å². The maximum atomic E-state index is 13.3. The number of rotatable bonds is 4. The average molecular weight is 442 g/mol. The average Bonchev–Trinajstić information content (AvgIpc) is 3.40. The van der Waals surface area contributed by atoms with Crippen LogP contribution in [0.15, 0.2) is 47.4 Å². The van der Waals surface area contributed by atoms with E-state index in [9.17, 15) is 13.2 Å². The van der Waals surface area contributed by atoms with Crippen molar-refractivity contribution in [1.29, 1.82) is 0 Å². The number of aryl methyl sites for hydroxylation is 2. The van der Waals surface area contributed by atoms with E-state index in [4.69, 9.17) is 0 Å². The molecule has 156 valence electrons. The number of nitrogens with zero attached hydrogens (tertiary/aromatic N) is 2. The third-order valence-corrected chi connectivity index (χ3v) is 8.89. The summed E-state index contributed by atoms with van der Waals surface area (Å²) < 4.78 is 28.0. The van der Waals surface area contributed by atoms with Crippen LogP contribution in [0.1, 0.15) is 36.3 Å². The summed E-state index contributed by atoms with van der Waals surface area (Å²) >= 11 is 1.52. The summed E-state index contributed by atoms with van der Waals surface area (Å²) in [7, 11) is -3.76. The Morgan fingerprint density at radius 1 is 1.07 bits per heavy atom. The van der Waals surface area contributed by atoms with E-state index in [0.29, 0.717) is 24.5 Å². The highest BCUT2D eigenvalue weighted by atomic mass is 32.2. The monoisotopic (exact) mass is 441 g/mol. The van der Waals surface area contributed by atoms with Crippen LogP contribution in [0.5, 0.6) is 0 Å². The quantitative estimate of drug-likeness (QED) is 0.664. The predicted molar refractivity (Wildman–Crippen MR) is 118 cm³/mol. The zero-order chi connectivity index (χ0) is 20.7. The first-order valence-electron chi connectivity index (χ1n) is 10.3. The van der Waals surface area contributed by atoms with Crippen LogP contribution in [0.3, 0.4) is 0 Å². The zero-order valence-electron chi connectivity index (χ0n) is 16.5. The molecule has 1 fully saturated rings. The van der Waals surface area contributed by atoms with Crippen molar-refractivity contribution in [2.24, 2.45) is 0 Å². The Morgan fingerprint density at radius 2 is 1.87 bits per heavy atom. The first-order chi connectivity index (χ1) is 14.5. The molecule has 1 aliphatic carbocycles. The lowest BCUT2D eigenvalue weighted by molar-refractivity contribution is -0.119. The second kappa shape index (κ2) is 7.76. The van der Waals surface area contributed by atoms with Gasteiger partial charge in [-0.1, -0.05) is 30.3 Å².